The van der Waals surface area contributed by atoms with Crippen molar-refractivity contribution in [1.82, 2.24) is 23.6 Å². The van der Waals surface area contributed by atoms with E-state index in [2.05, 4.69) is 21.9 Å². The Labute approximate surface area is 192 Å². The van der Waals surface area contributed by atoms with Crippen LogP contribution in [0.2, 0.25) is 5.02 Å². The molecule has 0 spiro atoms. The lowest BCUT2D eigenvalue weighted by atomic mass is 10.2. The Bertz CT molecular complexity index is 1350. The van der Waals surface area contributed by atoms with E-state index in [1.54, 1.807) is 23.0 Å². The van der Waals surface area contributed by atoms with Gasteiger partial charge in [0.05, 0.1) is 33.8 Å². The van der Waals surface area contributed by atoms with Crippen LogP contribution >= 0.6 is 11.6 Å². The molecular weight excluding hydrogens is 448 g/mol. The van der Waals surface area contributed by atoms with Crippen molar-refractivity contribution in [2.24, 2.45) is 0 Å². The molecule has 0 unspecified atom stereocenters. The summed E-state index contributed by atoms with van der Waals surface area (Å²) in [5.74, 6) is 0.813. The van der Waals surface area contributed by atoms with Crippen molar-refractivity contribution in [2.75, 3.05) is 19.4 Å². The molecule has 1 N–H and O–H groups in total. The minimum atomic E-state index is -3.53. The van der Waals surface area contributed by atoms with Crippen LogP contribution in [0.4, 0.5) is 5.69 Å². The van der Waals surface area contributed by atoms with E-state index in [9.17, 15) is 8.42 Å². The molecule has 0 amide bonds. The standard InChI is InChI=1S/C22H25ClN6O2S/c1-4-11-28-20-9-7-17(32(30,31)27(2)3)14-19(20)26-22(28)15-24-18-13-16(23)6-8-21(18)29-12-5-10-25-29/h5-10,12-14,24H,4,11,15H2,1-3H3. The van der Waals surface area contributed by atoms with E-state index in [1.165, 1.54) is 18.4 Å². The predicted molar refractivity (Wildman–Crippen MR) is 127 cm³/mol. The molecule has 0 aliphatic rings. The van der Waals surface area contributed by atoms with Gasteiger partial charge in [-0.05, 0) is 48.9 Å². The second-order valence-corrected chi connectivity index (χ2v) is 10.2. The molecular formula is C22H25ClN6O2S. The molecule has 32 heavy (non-hydrogen) atoms. The van der Waals surface area contributed by atoms with Crippen LogP contribution in [-0.4, -0.2) is 46.1 Å². The summed E-state index contributed by atoms with van der Waals surface area (Å²) in [6.07, 6.45) is 4.51. The van der Waals surface area contributed by atoms with Gasteiger partial charge in [0.2, 0.25) is 10.0 Å². The Kier molecular flexibility index (Phi) is 6.23. The number of nitrogens with one attached hydrogen (secondary N) is 1. The first-order valence-corrected chi connectivity index (χ1v) is 12.1. The van der Waals surface area contributed by atoms with Gasteiger partial charge in [0.1, 0.15) is 5.82 Å². The number of fused-ring (bicyclic) bond motifs is 1. The third-order valence-electron chi connectivity index (χ3n) is 5.17. The lowest BCUT2D eigenvalue weighted by Crippen LogP contribution is -2.22. The van der Waals surface area contributed by atoms with Gasteiger partial charge in [-0.15, -0.1) is 0 Å². The van der Waals surface area contributed by atoms with E-state index in [-0.39, 0.29) is 4.90 Å². The van der Waals surface area contributed by atoms with Crippen LogP contribution in [0.25, 0.3) is 16.7 Å². The summed E-state index contributed by atoms with van der Waals surface area (Å²) in [7, 11) is -0.490. The highest BCUT2D eigenvalue weighted by Crippen LogP contribution is 2.26. The van der Waals surface area contributed by atoms with Crippen molar-refractivity contribution >= 4 is 38.3 Å². The van der Waals surface area contributed by atoms with Crippen molar-refractivity contribution in [2.45, 2.75) is 31.3 Å². The molecule has 2 aromatic heterocycles. The van der Waals surface area contributed by atoms with Crippen molar-refractivity contribution < 1.29 is 8.42 Å². The highest BCUT2D eigenvalue weighted by Gasteiger charge is 2.20. The maximum absolute atomic E-state index is 12.5. The topological polar surface area (TPSA) is 85.0 Å². The number of benzene rings is 2. The summed E-state index contributed by atoms with van der Waals surface area (Å²) in [6, 6.07) is 12.5. The molecule has 0 bridgehead atoms. The maximum atomic E-state index is 12.5. The number of aromatic nitrogens is 4. The largest absolute Gasteiger partial charge is 0.376 e. The summed E-state index contributed by atoms with van der Waals surface area (Å²) in [5, 5.41) is 8.35. The van der Waals surface area contributed by atoms with Gasteiger partial charge in [-0.25, -0.2) is 22.4 Å². The molecule has 168 valence electrons. The van der Waals surface area contributed by atoms with E-state index in [4.69, 9.17) is 16.6 Å². The lowest BCUT2D eigenvalue weighted by molar-refractivity contribution is 0.521. The Morgan fingerprint density at radius 1 is 1.16 bits per heavy atom. The van der Waals surface area contributed by atoms with Crippen LogP contribution in [0.15, 0.2) is 59.8 Å². The number of rotatable bonds is 8. The second-order valence-electron chi connectivity index (χ2n) is 7.58. The van der Waals surface area contributed by atoms with Crippen molar-refractivity contribution in [1.29, 1.82) is 0 Å². The molecule has 10 heteroatoms. The minimum absolute atomic E-state index is 0.228. The van der Waals surface area contributed by atoms with Crippen LogP contribution in [0.1, 0.15) is 19.2 Å². The van der Waals surface area contributed by atoms with Gasteiger partial charge in [-0.1, -0.05) is 18.5 Å². The van der Waals surface area contributed by atoms with Crippen molar-refractivity contribution in [3.63, 3.8) is 0 Å². The molecule has 4 aromatic rings. The second kappa shape index (κ2) is 8.93. The van der Waals surface area contributed by atoms with E-state index < -0.39 is 10.0 Å². The maximum Gasteiger partial charge on any atom is 0.242 e. The number of hydrogen-bond donors (Lipinski definition) is 1. The zero-order valence-corrected chi connectivity index (χ0v) is 19.7. The van der Waals surface area contributed by atoms with Gasteiger partial charge < -0.3 is 9.88 Å². The molecule has 2 heterocycles. The molecule has 2 aromatic carbocycles. The predicted octanol–water partition coefficient (Wildman–Crippen LogP) is 4.15. The average molecular weight is 473 g/mol. The number of aryl methyl sites for hydroxylation is 1. The summed E-state index contributed by atoms with van der Waals surface area (Å²) in [5.41, 5.74) is 3.25. The van der Waals surface area contributed by atoms with Gasteiger partial charge in [0.15, 0.2) is 0 Å². The molecule has 0 aliphatic heterocycles. The van der Waals surface area contributed by atoms with Gasteiger partial charge >= 0.3 is 0 Å². The normalized spacial score (nSPS) is 12.0. The van der Waals surface area contributed by atoms with E-state index in [0.29, 0.717) is 17.1 Å². The Morgan fingerprint density at radius 3 is 2.66 bits per heavy atom. The highest BCUT2D eigenvalue weighted by molar-refractivity contribution is 7.89. The minimum Gasteiger partial charge on any atom is -0.376 e. The molecule has 0 fully saturated rings. The van der Waals surface area contributed by atoms with Crippen LogP contribution in [-0.2, 0) is 23.1 Å². The highest BCUT2D eigenvalue weighted by atomic mass is 35.5. The molecule has 4 rings (SSSR count). The summed E-state index contributed by atoms with van der Waals surface area (Å²) in [6.45, 7) is 3.31. The lowest BCUT2D eigenvalue weighted by Gasteiger charge is -2.14. The number of sulfonamides is 1. The Morgan fingerprint density at radius 2 is 1.97 bits per heavy atom. The monoisotopic (exact) mass is 472 g/mol. The van der Waals surface area contributed by atoms with Crippen LogP contribution in [0.5, 0.6) is 0 Å². The fourth-order valence-electron chi connectivity index (χ4n) is 3.57. The fraction of sp³-hybridized carbons (Fsp3) is 0.273. The van der Waals surface area contributed by atoms with Crippen LogP contribution in [0, 0.1) is 0 Å². The molecule has 0 aliphatic carbocycles. The number of halogens is 1. The summed E-state index contributed by atoms with van der Waals surface area (Å²) in [4.78, 5) is 4.98. The number of hydrogen-bond acceptors (Lipinski definition) is 5. The first-order chi connectivity index (χ1) is 15.3. The van der Waals surface area contributed by atoms with Crippen LogP contribution < -0.4 is 5.32 Å². The summed E-state index contributed by atoms with van der Waals surface area (Å²) >= 11 is 6.24. The van der Waals surface area contributed by atoms with Crippen molar-refractivity contribution in [3.05, 3.63) is 65.7 Å². The van der Waals surface area contributed by atoms with E-state index in [0.717, 1.165) is 35.7 Å². The number of anilines is 1. The van der Waals surface area contributed by atoms with E-state index in [1.807, 2.05) is 36.5 Å². The van der Waals surface area contributed by atoms with E-state index >= 15 is 0 Å². The first-order valence-electron chi connectivity index (χ1n) is 10.3. The van der Waals surface area contributed by atoms with Gasteiger partial charge in [-0.3, -0.25) is 0 Å². The van der Waals surface area contributed by atoms with Gasteiger partial charge in [-0.2, -0.15) is 5.10 Å². The Hall–Kier alpha value is -2.88. The molecule has 0 saturated heterocycles. The first kappa shape index (κ1) is 22.3. The smallest absolute Gasteiger partial charge is 0.242 e. The van der Waals surface area contributed by atoms with Crippen molar-refractivity contribution in [3.8, 4) is 5.69 Å². The SMILES string of the molecule is CCCn1c(CNc2cc(Cl)ccc2-n2cccn2)nc2cc(S(=O)(=O)N(C)C)ccc21. The number of nitrogens with zero attached hydrogens (tertiary/aromatic N) is 5. The third kappa shape index (κ3) is 4.23. The Balaban J connectivity index is 1.71. The third-order valence-corrected chi connectivity index (χ3v) is 7.22. The van der Waals surface area contributed by atoms with Gasteiger partial charge in [0.25, 0.3) is 0 Å². The molecule has 0 atom stereocenters. The quantitative estimate of drug-likeness (QED) is 0.416. The zero-order valence-electron chi connectivity index (χ0n) is 18.2. The summed E-state index contributed by atoms with van der Waals surface area (Å²) < 4.78 is 30.2. The average Bonchev–Trinajstić information content (AvgIpc) is 3.40. The van der Waals surface area contributed by atoms with Gasteiger partial charge in [0, 0.05) is 38.1 Å². The zero-order chi connectivity index (χ0) is 22.9. The molecule has 8 nitrogen and oxygen atoms in total. The molecule has 0 radical (unpaired) electrons. The molecule has 0 saturated carbocycles. The van der Waals surface area contributed by atoms with Crippen LogP contribution in [0.3, 0.4) is 0 Å². The number of imidazole rings is 1. The fourth-order valence-corrected chi connectivity index (χ4v) is 4.67.